The van der Waals surface area contributed by atoms with Crippen molar-refractivity contribution >= 4 is 10.9 Å². The van der Waals surface area contributed by atoms with Gasteiger partial charge in [0.1, 0.15) is 5.75 Å². The lowest BCUT2D eigenvalue weighted by Crippen LogP contribution is -2.37. The molecule has 1 fully saturated rings. The molecule has 11 heteroatoms. The standard InChI is InChI=1S/C28H32N6O5/c1-3-24(27-30-31-32-34(27)14-18-6-8-21(36-2)9-7-18)33(16-22-5-4-10-37-22)15-20-11-19-12-25-26(39-17-38-25)13-23(19)29-28(20)35/h6-9,11-13,22,24H,3-5,10,14-17H2,1-2H3,(H,29,35)/t22-,24-/m1/s1. The number of tetrazole rings is 1. The first-order valence-electron chi connectivity index (χ1n) is 13.3. The lowest BCUT2D eigenvalue weighted by molar-refractivity contribution is 0.0489. The molecule has 0 bridgehead atoms. The van der Waals surface area contributed by atoms with Crippen molar-refractivity contribution in [3.05, 3.63) is 69.8 Å². The van der Waals surface area contributed by atoms with Crippen LogP contribution < -0.4 is 19.8 Å². The molecule has 2 aliphatic rings. The van der Waals surface area contributed by atoms with Gasteiger partial charge >= 0.3 is 0 Å². The summed E-state index contributed by atoms with van der Waals surface area (Å²) >= 11 is 0. The van der Waals surface area contributed by atoms with Crippen molar-refractivity contribution in [3.63, 3.8) is 0 Å². The maximum absolute atomic E-state index is 13.2. The first-order valence-corrected chi connectivity index (χ1v) is 13.3. The van der Waals surface area contributed by atoms with Crippen molar-refractivity contribution in [1.29, 1.82) is 0 Å². The van der Waals surface area contributed by atoms with Gasteiger partial charge in [0, 0.05) is 36.7 Å². The van der Waals surface area contributed by atoms with Crippen LogP contribution in [0.25, 0.3) is 10.9 Å². The van der Waals surface area contributed by atoms with E-state index in [9.17, 15) is 4.79 Å². The van der Waals surface area contributed by atoms with E-state index in [1.165, 1.54) is 0 Å². The molecule has 0 spiro atoms. The lowest BCUT2D eigenvalue weighted by atomic mass is 10.1. The van der Waals surface area contributed by atoms with Crippen molar-refractivity contribution in [1.82, 2.24) is 30.1 Å². The zero-order valence-electron chi connectivity index (χ0n) is 22.1. The smallest absolute Gasteiger partial charge is 0.252 e. The van der Waals surface area contributed by atoms with Crippen LogP contribution in [0.3, 0.4) is 0 Å². The quantitative estimate of drug-likeness (QED) is 0.328. The summed E-state index contributed by atoms with van der Waals surface area (Å²) in [6, 6.07) is 13.4. The van der Waals surface area contributed by atoms with E-state index in [2.05, 4.69) is 32.3 Å². The predicted octanol–water partition coefficient (Wildman–Crippen LogP) is 3.43. The number of methoxy groups -OCH3 is 1. The van der Waals surface area contributed by atoms with Crippen LogP contribution in [-0.4, -0.2) is 63.2 Å². The van der Waals surface area contributed by atoms with Gasteiger partial charge in [0.25, 0.3) is 5.56 Å². The molecular weight excluding hydrogens is 500 g/mol. The fourth-order valence-corrected chi connectivity index (χ4v) is 5.40. The Hall–Kier alpha value is -3.96. The number of pyridine rings is 1. The van der Waals surface area contributed by atoms with Gasteiger partial charge in [0.2, 0.25) is 6.79 Å². The van der Waals surface area contributed by atoms with Crippen molar-refractivity contribution in [2.45, 2.75) is 51.4 Å². The molecule has 204 valence electrons. The van der Waals surface area contributed by atoms with Gasteiger partial charge in [-0.05, 0) is 59.5 Å². The maximum Gasteiger partial charge on any atom is 0.252 e. The third-order valence-electron chi connectivity index (χ3n) is 7.43. The number of fused-ring (bicyclic) bond motifs is 2. The molecule has 0 unspecified atom stereocenters. The molecule has 0 radical (unpaired) electrons. The number of aromatic nitrogens is 5. The second-order valence-corrected chi connectivity index (χ2v) is 9.95. The fourth-order valence-electron chi connectivity index (χ4n) is 5.40. The second kappa shape index (κ2) is 11.0. The number of nitrogens with zero attached hydrogens (tertiary/aromatic N) is 5. The minimum absolute atomic E-state index is 0.0957. The van der Waals surface area contributed by atoms with Crippen LogP contribution in [0.4, 0.5) is 0 Å². The zero-order valence-corrected chi connectivity index (χ0v) is 22.1. The number of H-pyrrole nitrogens is 1. The normalized spacial score (nSPS) is 17.3. The highest BCUT2D eigenvalue weighted by molar-refractivity contribution is 5.83. The van der Waals surface area contributed by atoms with Crippen molar-refractivity contribution in [2.75, 3.05) is 27.1 Å². The molecule has 4 aromatic rings. The second-order valence-electron chi connectivity index (χ2n) is 9.95. The largest absolute Gasteiger partial charge is 0.497 e. The summed E-state index contributed by atoms with van der Waals surface area (Å²) in [5, 5.41) is 13.7. The minimum Gasteiger partial charge on any atom is -0.497 e. The Balaban J connectivity index is 1.31. The highest BCUT2D eigenvalue weighted by atomic mass is 16.7. The van der Waals surface area contributed by atoms with Crippen LogP contribution >= 0.6 is 0 Å². The molecule has 11 nitrogen and oxygen atoms in total. The molecular formula is C28H32N6O5. The number of hydrogen-bond donors (Lipinski definition) is 1. The van der Waals surface area contributed by atoms with Crippen LogP contribution in [0, 0.1) is 0 Å². The van der Waals surface area contributed by atoms with E-state index in [0.29, 0.717) is 42.2 Å². The first-order chi connectivity index (χ1) is 19.1. The Bertz CT molecular complexity index is 1490. The van der Waals surface area contributed by atoms with Crippen LogP contribution in [0.5, 0.6) is 17.2 Å². The van der Waals surface area contributed by atoms with Gasteiger partial charge in [-0.3, -0.25) is 9.69 Å². The fraction of sp³-hybridized carbons (Fsp3) is 0.429. The molecule has 2 atom stereocenters. The van der Waals surface area contributed by atoms with E-state index in [0.717, 1.165) is 48.4 Å². The van der Waals surface area contributed by atoms with Crippen LogP contribution in [0.15, 0.2) is 47.3 Å². The SMILES string of the molecule is CC[C@H](c1nnnn1Cc1ccc(OC)cc1)N(Cc1cc2cc3c(cc2[nH]c1=O)OCO3)C[C@H]1CCCO1. The van der Waals surface area contributed by atoms with Crippen LogP contribution in [0.1, 0.15) is 49.2 Å². The van der Waals surface area contributed by atoms with E-state index < -0.39 is 0 Å². The minimum atomic E-state index is -0.133. The van der Waals surface area contributed by atoms with Gasteiger partial charge in [-0.15, -0.1) is 5.10 Å². The number of hydrogen-bond acceptors (Lipinski definition) is 9. The number of ether oxygens (including phenoxy) is 4. The van der Waals surface area contributed by atoms with Crippen molar-refractivity contribution in [2.24, 2.45) is 0 Å². The van der Waals surface area contributed by atoms with E-state index in [1.54, 1.807) is 7.11 Å². The van der Waals surface area contributed by atoms with E-state index in [4.69, 9.17) is 18.9 Å². The summed E-state index contributed by atoms with van der Waals surface area (Å²) in [6.45, 7) is 4.68. The van der Waals surface area contributed by atoms with Gasteiger partial charge in [0.05, 0.1) is 31.3 Å². The highest BCUT2D eigenvalue weighted by Gasteiger charge is 2.29. The molecule has 2 aromatic heterocycles. The van der Waals surface area contributed by atoms with Gasteiger partial charge in [-0.25, -0.2) is 4.68 Å². The Morgan fingerprint density at radius 2 is 2.00 bits per heavy atom. The molecule has 0 aliphatic carbocycles. The summed E-state index contributed by atoms with van der Waals surface area (Å²) in [5.74, 6) is 2.88. The Morgan fingerprint density at radius 1 is 1.18 bits per heavy atom. The summed E-state index contributed by atoms with van der Waals surface area (Å²) in [6.07, 6.45) is 2.88. The Morgan fingerprint density at radius 3 is 2.74 bits per heavy atom. The molecule has 2 aliphatic heterocycles. The lowest BCUT2D eigenvalue weighted by Gasteiger charge is -2.32. The van der Waals surface area contributed by atoms with Crippen molar-refractivity contribution < 1.29 is 18.9 Å². The van der Waals surface area contributed by atoms with Crippen LogP contribution in [-0.2, 0) is 17.8 Å². The molecule has 4 heterocycles. The summed E-state index contributed by atoms with van der Waals surface area (Å²) in [7, 11) is 1.65. The molecule has 2 aromatic carbocycles. The van der Waals surface area contributed by atoms with E-state index in [1.807, 2.05) is 47.1 Å². The molecule has 1 saturated heterocycles. The molecule has 6 rings (SSSR count). The van der Waals surface area contributed by atoms with E-state index >= 15 is 0 Å². The average Bonchev–Trinajstić information content (AvgIpc) is 3.72. The van der Waals surface area contributed by atoms with Crippen LogP contribution in [0.2, 0.25) is 0 Å². The number of benzene rings is 2. The number of nitrogens with one attached hydrogen (secondary N) is 1. The summed E-state index contributed by atoms with van der Waals surface area (Å²) in [4.78, 5) is 18.5. The number of rotatable bonds is 10. The van der Waals surface area contributed by atoms with Gasteiger partial charge in [-0.2, -0.15) is 0 Å². The highest BCUT2D eigenvalue weighted by Crippen LogP contribution is 2.35. The zero-order chi connectivity index (χ0) is 26.8. The van der Waals surface area contributed by atoms with Gasteiger partial charge in [0.15, 0.2) is 17.3 Å². The molecule has 0 saturated carbocycles. The monoisotopic (exact) mass is 532 g/mol. The molecule has 0 amide bonds. The third-order valence-corrected chi connectivity index (χ3v) is 7.43. The molecule has 1 N–H and O–H groups in total. The van der Waals surface area contributed by atoms with Gasteiger partial charge < -0.3 is 23.9 Å². The Kier molecular flexibility index (Phi) is 7.16. The summed E-state index contributed by atoms with van der Waals surface area (Å²) < 4.78 is 24.2. The summed E-state index contributed by atoms with van der Waals surface area (Å²) in [5.41, 5.74) is 2.31. The topological polar surface area (TPSA) is 117 Å². The maximum atomic E-state index is 13.2. The predicted molar refractivity (Wildman–Crippen MR) is 143 cm³/mol. The Labute approximate surface area is 225 Å². The first kappa shape index (κ1) is 25.3. The molecule has 39 heavy (non-hydrogen) atoms. The average molecular weight is 533 g/mol. The van der Waals surface area contributed by atoms with E-state index in [-0.39, 0.29) is 24.5 Å². The van der Waals surface area contributed by atoms with Crippen molar-refractivity contribution in [3.8, 4) is 17.2 Å². The number of aromatic amines is 1. The third kappa shape index (κ3) is 5.32. The van der Waals surface area contributed by atoms with Gasteiger partial charge in [-0.1, -0.05) is 19.1 Å².